The summed E-state index contributed by atoms with van der Waals surface area (Å²) in [4.78, 5) is 0. The Balaban J connectivity index is 2.32. The smallest absolute Gasteiger partial charge is 0.209 e. The first-order chi connectivity index (χ1) is 5.34. The summed E-state index contributed by atoms with van der Waals surface area (Å²) in [5, 5.41) is 13.0. The average molecular weight is 237 g/mol. The van der Waals surface area contributed by atoms with E-state index in [-0.39, 0.29) is 0 Å². The molecule has 0 aromatic carbocycles. The SMILES string of the molecule is Cn1nnnc1SCCCBr. The third-order valence-corrected chi connectivity index (χ3v) is 2.75. The van der Waals surface area contributed by atoms with E-state index in [4.69, 9.17) is 0 Å². The fraction of sp³-hybridized carbons (Fsp3) is 0.800. The molecular weight excluding hydrogens is 228 g/mol. The average Bonchev–Trinajstić information content (AvgIpc) is 2.37. The largest absolute Gasteiger partial charge is 0.224 e. The van der Waals surface area contributed by atoms with Crippen LogP contribution in [-0.2, 0) is 7.05 Å². The molecule has 4 nitrogen and oxygen atoms in total. The maximum Gasteiger partial charge on any atom is 0.209 e. The van der Waals surface area contributed by atoms with Crippen molar-refractivity contribution < 1.29 is 0 Å². The molecule has 0 aliphatic heterocycles. The van der Waals surface area contributed by atoms with E-state index in [0.717, 1.165) is 22.7 Å². The Morgan fingerprint density at radius 1 is 1.64 bits per heavy atom. The van der Waals surface area contributed by atoms with Gasteiger partial charge in [-0.15, -0.1) is 5.10 Å². The molecular formula is C5H9BrN4S. The normalized spacial score (nSPS) is 10.4. The zero-order valence-corrected chi connectivity index (χ0v) is 8.60. The van der Waals surface area contributed by atoms with E-state index >= 15 is 0 Å². The molecule has 0 saturated heterocycles. The van der Waals surface area contributed by atoms with E-state index in [1.807, 2.05) is 7.05 Å². The molecule has 0 saturated carbocycles. The van der Waals surface area contributed by atoms with Crippen molar-refractivity contribution in [1.82, 2.24) is 20.2 Å². The topological polar surface area (TPSA) is 43.6 Å². The van der Waals surface area contributed by atoms with Crippen LogP contribution in [0.15, 0.2) is 5.16 Å². The Hall–Kier alpha value is -0.100. The number of hydrogen-bond acceptors (Lipinski definition) is 4. The first kappa shape index (κ1) is 8.99. The van der Waals surface area contributed by atoms with Gasteiger partial charge in [0.15, 0.2) is 0 Å². The van der Waals surface area contributed by atoms with Crippen molar-refractivity contribution in [3.63, 3.8) is 0 Å². The summed E-state index contributed by atoms with van der Waals surface area (Å²) < 4.78 is 1.68. The van der Waals surface area contributed by atoms with Crippen LogP contribution in [0.25, 0.3) is 0 Å². The lowest BCUT2D eigenvalue weighted by molar-refractivity contribution is 0.664. The number of alkyl halides is 1. The van der Waals surface area contributed by atoms with Gasteiger partial charge < -0.3 is 0 Å². The van der Waals surface area contributed by atoms with Gasteiger partial charge in [-0.25, -0.2) is 4.68 Å². The molecule has 62 valence electrons. The van der Waals surface area contributed by atoms with Gasteiger partial charge in [0, 0.05) is 18.1 Å². The molecule has 0 aliphatic rings. The number of aryl methyl sites for hydroxylation is 1. The number of thioether (sulfide) groups is 1. The second-order valence-electron chi connectivity index (χ2n) is 1.98. The lowest BCUT2D eigenvalue weighted by Crippen LogP contribution is -1.93. The molecule has 1 rings (SSSR count). The van der Waals surface area contributed by atoms with Gasteiger partial charge in [-0.3, -0.25) is 0 Å². The number of halogens is 1. The van der Waals surface area contributed by atoms with Crippen molar-refractivity contribution in [2.75, 3.05) is 11.1 Å². The van der Waals surface area contributed by atoms with Crippen molar-refractivity contribution in [3.05, 3.63) is 0 Å². The van der Waals surface area contributed by atoms with Crippen LogP contribution in [0.4, 0.5) is 0 Å². The maximum absolute atomic E-state index is 3.84. The third-order valence-electron chi connectivity index (χ3n) is 1.09. The predicted octanol–water partition coefficient (Wildman–Crippen LogP) is 1.09. The number of tetrazole rings is 1. The van der Waals surface area contributed by atoms with Crippen molar-refractivity contribution in [2.45, 2.75) is 11.6 Å². The predicted molar refractivity (Wildman–Crippen MR) is 47.9 cm³/mol. The summed E-state index contributed by atoms with van der Waals surface area (Å²) in [5.74, 6) is 1.06. The molecule has 0 N–H and O–H groups in total. The molecule has 0 amide bonds. The van der Waals surface area contributed by atoms with Gasteiger partial charge >= 0.3 is 0 Å². The molecule has 0 radical (unpaired) electrons. The zero-order valence-electron chi connectivity index (χ0n) is 6.20. The minimum absolute atomic E-state index is 0.881. The van der Waals surface area contributed by atoms with Gasteiger partial charge in [-0.05, 0) is 16.8 Å². The lowest BCUT2D eigenvalue weighted by atomic mass is 10.6. The van der Waals surface area contributed by atoms with Crippen molar-refractivity contribution in [1.29, 1.82) is 0 Å². The van der Waals surface area contributed by atoms with Gasteiger partial charge in [-0.2, -0.15) is 0 Å². The highest BCUT2D eigenvalue weighted by atomic mass is 79.9. The van der Waals surface area contributed by atoms with Gasteiger partial charge in [0.25, 0.3) is 0 Å². The highest BCUT2D eigenvalue weighted by Gasteiger charge is 2.00. The zero-order chi connectivity index (χ0) is 8.10. The quantitative estimate of drug-likeness (QED) is 0.446. The Morgan fingerprint density at radius 2 is 2.45 bits per heavy atom. The summed E-state index contributed by atoms with van der Waals surface area (Å²) >= 11 is 5.04. The summed E-state index contributed by atoms with van der Waals surface area (Å²) in [6.07, 6.45) is 1.14. The summed E-state index contributed by atoms with van der Waals surface area (Å²) in [6, 6.07) is 0. The fourth-order valence-electron chi connectivity index (χ4n) is 0.562. The van der Waals surface area contributed by atoms with E-state index in [0.29, 0.717) is 0 Å². The van der Waals surface area contributed by atoms with Crippen LogP contribution < -0.4 is 0 Å². The minimum atomic E-state index is 0.881. The van der Waals surface area contributed by atoms with E-state index in [1.165, 1.54) is 0 Å². The number of hydrogen-bond donors (Lipinski definition) is 0. The highest BCUT2D eigenvalue weighted by molar-refractivity contribution is 9.09. The molecule has 1 aromatic heterocycles. The molecule has 11 heavy (non-hydrogen) atoms. The third kappa shape index (κ3) is 2.78. The standard InChI is InChI=1S/C5H9BrN4S/c1-10-5(7-8-9-10)11-4-2-3-6/h2-4H2,1H3. The number of nitrogens with zero attached hydrogens (tertiary/aromatic N) is 4. The highest BCUT2D eigenvalue weighted by Crippen LogP contribution is 2.13. The van der Waals surface area contributed by atoms with Crippen LogP contribution in [0, 0.1) is 0 Å². The Labute approximate surface area is 77.9 Å². The van der Waals surface area contributed by atoms with Crippen LogP contribution in [-0.4, -0.2) is 31.3 Å². The van der Waals surface area contributed by atoms with Crippen LogP contribution in [0.3, 0.4) is 0 Å². The minimum Gasteiger partial charge on any atom is -0.224 e. The van der Waals surface area contributed by atoms with Crippen LogP contribution in [0.2, 0.25) is 0 Å². The number of rotatable bonds is 4. The second kappa shape index (κ2) is 4.71. The first-order valence-corrected chi connectivity index (χ1v) is 5.36. The summed E-state index contributed by atoms with van der Waals surface area (Å²) in [5.41, 5.74) is 0. The van der Waals surface area contributed by atoms with Crippen LogP contribution >= 0.6 is 27.7 Å². The van der Waals surface area contributed by atoms with Crippen molar-refractivity contribution in [3.8, 4) is 0 Å². The van der Waals surface area contributed by atoms with E-state index in [9.17, 15) is 0 Å². The Kier molecular flexibility index (Phi) is 3.85. The molecule has 0 bridgehead atoms. The van der Waals surface area contributed by atoms with E-state index in [2.05, 4.69) is 31.5 Å². The molecule has 0 fully saturated rings. The lowest BCUT2D eigenvalue weighted by Gasteiger charge is -1.95. The molecule has 1 heterocycles. The van der Waals surface area contributed by atoms with Gasteiger partial charge in [-0.1, -0.05) is 27.7 Å². The van der Waals surface area contributed by atoms with Crippen LogP contribution in [0.1, 0.15) is 6.42 Å². The molecule has 0 unspecified atom stereocenters. The molecule has 0 atom stereocenters. The molecule has 0 spiro atoms. The van der Waals surface area contributed by atoms with Gasteiger partial charge in [0.05, 0.1) is 0 Å². The molecule has 0 aliphatic carbocycles. The second-order valence-corrected chi connectivity index (χ2v) is 3.83. The summed E-state index contributed by atoms with van der Waals surface area (Å²) in [7, 11) is 1.84. The summed E-state index contributed by atoms with van der Waals surface area (Å²) in [6.45, 7) is 0. The Morgan fingerprint density at radius 3 is 3.00 bits per heavy atom. The monoisotopic (exact) mass is 236 g/mol. The Bertz CT molecular complexity index is 214. The van der Waals surface area contributed by atoms with Crippen molar-refractivity contribution in [2.24, 2.45) is 7.05 Å². The van der Waals surface area contributed by atoms with Gasteiger partial charge in [0.1, 0.15) is 0 Å². The van der Waals surface area contributed by atoms with Crippen LogP contribution in [0.5, 0.6) is 0 Å². The van der Waals surface area contributed by atoms with Crippen molar-refractivity contribution >= 4 is 27.7 Å². The maximum atomic E-state index is 3.84. The fourth-order valence-corrected chi connectivity index (χ4v) is 2.00. The molecule has 1 aromatic rings. The van der Waals surface area contributed by atoms with E-state index < -0.39 is 0 Å². The molecule has 6 heteroatoms. The van der Waals surface area contributed by atoms with E-state index in [1.54, 1.807) is 16.4 Å². The van der Waals surface area contributed by atoms with Gasteiger partial charge in [0.2, 0.25) is 5.16 Å². The number of aromatic nitrogens is 4. The first-order valence-electron chi connectivity index (χ1n) is 3.25.